The molecule has 1 aliphatic rings. The predicted octanol–water partition coefficient (Wildman–Crippen LogP) is 2.80. The second-order valence-corrected chi connectivity index (χ2v) is 5.09. The molecule has 3 nitrogen and oxygen atoms in total. The predicted molar refractivity (Wildman–Crippen MR) is 75.8 cm³/mol. The standard InChI is InChI=1S/C16H18N2O/c19-18(13-14-7-3-1-4-8-14)12-11-17-16(18)15-9-5-2-6-10-15/h1-10,16-17H,11-13H2. The van der Waals surface area contributed by atoms with Gasteiger partial charge in [-0.15, -0.1) is 0 Å². The highest BCUT2D eigenvalue weighted by Crippen LogP contribution is 2.31. The first kappa shape index (κ1) is 12.4. The SMILES string of the molecule is [O-][N+]1(Cc2ccccc2)CCNC1c1ccccc1. The van der Waals surface area contributed by atoms with E-state index in [-0.39, 0.29) is 10.8 Å². The van der Waals surface area contributed by atoms with Gasteiger partial charge in [0.2, 0.25) is 0 Å². The van der Waals surface area contributed by atoms with Crippen LogP contribution in [0.15, 0.2) is 60.7 Å². The first-order valence-corrected chi connectivity index (χ1v) is 6.68. The summed E-state index contributed by atoms with van der Waals surface area (Å²) < 4.78 is -0.214. The number of nitrogens with zero attached hydrogens (tertiary/aromatic N) is 1. The van der Waals surface area contributed by atoms with Gasteiger partial charge in [-0.25, -0.2) is 0 Å². The molecule has 1 heterocycles. The fourth-order valence-electron chi connectivity index (χ4n) is 2.77. The summed E-state index contributed by atoms with van der Waals surface area (Å²) >= 11 is 0. The Kier molecular flexibility index (Phi) is 3.34. The van der Waals surface area contributed by atoms with E-state index in [4.69, 9.17) is 0 Å². The third-order valence-corrected chi connectivity index (χ3v) is 3.71. The first-order chi connectivity index (χ1) is 9.28. The third-order valence-electron chi connectivity index (χ3n) is 3.71. The fraction of sp³-hybridized carbons (Fsp3) is 0.250. The van der Waals surface area contributed by atoms with Gasteiger partial charge in [0.25, 0.3) is 0 Å². The highest BCUT2D eigenvalue weighted by Gasteiger charge is 2.35. The Morgan fingerprint density at radius 3 is 2.32 bits per heavy atom. The summed E-state index contributed by atoms with van der Waals surface area (Å²) in [6.45, 7) is 1.91. The van der Waals surface area contributed by atoms with E-state index in [9.17, 15) is 5.21 Å². The van der Waals surface area contributed by atoms with E-state index >= 15 is 0 Å². The van der Waals surface area contributed by atoms with Crippen molar-refractivity contribution in [3.8, 4) is 0 Å². The zero-order chi connectivity index (χ0) is 13.1. The number of nitrogens with one attached hydrogen (secondary N) is 1. The Bertz CT molecular complexity index is 529. The molecule has 2 aromatic carbocycles. The molecular formula is C16H18N2O. The minimum Gasteiger partial charge on any atom is -0.631 e. The first-order valence-electron chi connectivity index (χ1n) is 6.68. The van der Waals surface area contributed by atoms with Gasteiger partial charge >= 0.3 is 0 Å². The van der Waals surface area contributed by atoms with Crippen LogP contribution >= 0.6 is 0 Å². The molecule has 0 aliphatic carbocycles. The van der Waals surface area contributed by atoms with Gasteiger partial charge < -0.3 is 9.85 Å². The number of quaternary nitrogens is 1. The molecule has 0 radical (unpaired) electrons. The molecule has 1 fully saturated rings. The van der Waals surface area contributed by atoms with Crippen LogP contribution in [0.3, 0.4) is 0 Å². The Morgan fingerprint density at radius 2 is 1.63 bits per heavy atom. The largest absolute Gasteiger partial charge is 0.631 e. The van der Waals surface area contributed by atoms with Crippen LogP contribution < -0.4 is 5.32 Å². The molecule has 3 heteroatoms. The molecule has 2 aromatic rings. The molecule has 2 atom stereocenters. The number of benzene rings is 2. The Labute approximate surface area is 113 Å². The van der Waals surface area contributed by atoms with Crippen LogP contribution in [-0.4, -0.2) is 17.7 Å². The van der Waals surface area contributed by atoms with Crippen molar-refractivity contribution in [2.45, 2.75) is 12.7 Å². The highest BCUT2D eigenvalue weighted by atomic mass is 16.6. The Morgan fingerprint density at radius 1 is 1.00 bits per heavy atom. The molecule has 0 aromatic heterocycles. The van der Waals surface area contributed by atoms with Crippen LogP contribution in [-0.2, 0) is 6.54 Å². The van der Waals surface area contributed by atoms with Gasteiger partial charge in [-0.2, -0.15) is 0 Å². The van der Waals surface area contributed by atoms with Gasteiger partial charge in [0.15, 0.2) is 6.17 Å². The van der Waals surface area contributed by atoms with Crippen LogP contribution in [0, 0.1) is 5.21 Å². The van der Waals surface area contributed by atoms with E-state index in [1.807, 2.05) is 60.7 Å². The van der Waals surface area contributed by atoms with E-state index < -0.39 is 0 Å². The van der Waals surface area contributed by atoms with Crippen molar-refractivity contribution in [3.05, 3.63) is 77.0 Å². The molecule has 0 amide bonds. The number of hydroxylamine groups is 3. The fourth-order valence-corrected chi connectivity index (χ4v) is 2.77. The maximum Gasteiger partial charge on any atom is 0.169 e. The molecule has 19 heavy (non-hydrogen) atoms. The van der Waals surface area contributed by atoms with Gasteiger partial charge in [0.05, 0.1) is 13.1 Å². The lowest BCUT2D eigenvalue weighted by Crippen LogP contribution is -2.42. The van der Waals surface area contributed by atoms with Crippen LogP contribution in [0.5, 0.6) is 0 Å². The molecular weight excluding hydrogens is 236 g/mol. The van der Waals surface area contributed by atoms with E-state index in [1.165, 1.54) is 0 Å². The maximum atomic E-state index is 13.1. The summed E-state index contributed by atoms with van der Waals surface area (Å²) in [5.41, 5.74) is 2.17. The molecule has 1 N–H and O–H groups in total. The van der Waals surface area contributed by atoms with Crippen molar-refractivity contribution in [2.24, 2.45) is 0 Å². The van der Waals surface area contributed by atoms with Crippen LogP contribution in [0.25, 0.3) is 0 Å². The molecule has 98 valence electrons. The number of rotatable bonds is 3. The monoisotopic (exact) mass is 254 g/mol. The second-order valence-electron chi connectivity index (χ2n) is 5.09. The minimum atomic E-state index is -0.214. The maximum absolute atomic E-state index is 13.1. The summed E-state index contributed by atoms with van der Waals surface area (Å²) in [5.74, 6) is 0. The van der Waals surface area contributed by atoms with Crippen molar-refractivity contribution in [2.75, 3.05) is 13.1 Å². The molecule has 3 rings (SSSR count). The van der Waals surface area contributed by atoms with Crippen molar-refractivity contribution in [1.82, 2.24) is 5.32 Å². The molecule has 0 spiro atoms. The van der Waals surface area contributed by atoms with Gasteiger partial charge in [-0.1, -0.05) is 60.7 Å². The quantitative estimate of drug-likeness (QED) is 0.675. The van der Waals surface area contributed by atoms with Crippen molar-refractivity contribution < 1.29 is 4.65 Å². The smallest absolute Gasteiger partial charge is 0.169 e. The van der Waals surface area contributed by atoms with Crippen molar-refractivity contribution >= 4 is 0 Å². The van der Waals surface area contributed by atoms with Crippen LogP contribution in [0.2, 0.25) is 0 Å². The Hall–Kier alpha value is -1.68. The summed E-state index contributed by atoms with van der Waals surface area (Å²) in [6, 6.07) is 20.0. The molecule has 1 saturated heterocycles. The average Bonchev–Trinajstić information content (AvgIpc) is 2.82. The van der Waals surface area contributed by atoms with E-state index in [0.717, 1.165) is 17.7 Å². The van der Waals surface area contributed by atoms with Gasteiger partial charge in [0, 0.05) is 11.1 Å². The summed E-state index contributed by atoms with van der Waals surface area (Å²) in [7, 11) is 0. The lowest BCUT2D eigenvalue weighted by atomic mass is 10.1. The van der Waals surface area contributed by atoms with E-state index in [0.29, 0.717) is 13.1 Å². The van der Waals surface area contributed by atoms with Crippen molar-refractivity contribution in [1.29, 1.82) is 0 Å². The van der Waals surface area contributed by atoms with Crippen LogP contribution in [0.1, 0.15) is 17.3 Å². The zero-order valence-electron chi connectivity index (χ0n) is 10.8. The van der Waals surface area contributed by atoms with E-state index in [1.54, 1.807) is 0 Å². The lowest BCUT2D eigenvalue weighted by molar-refractivity contribution is -0.912. The van der Waals surface area contributed by atoms with Gasteiger partial charge in [-0.3, -0.25) is 5.32 Å². The van der Waals surface area contributed by atoms with Crippen LogP contribution in [0.4, 0.5) is 0 Å². The summed E-state index contributed by atoms with van der Waals surface area (Å²) in [6.07, 6.45) is -0.151. The number of hydrogen-bond donors (Lipinski definition) is 1. The molecule has 2 unspecified atom stereocenters. The lowest BCUT2D eigenvalue weighted by Gasteiger charge is -2.43. The zero-order valence-corrected chi connectivity index (χ0v) is 10.8. The topological polar surface area (TPSA) is 35.1 Å². The minimum absolute atomic E-state index is 0.151. The second kappa shape index (κ2) is 5.13. The van der Waals surface area contributed by atoms with E-state index in [2.05, 4.69) is 5.32 Å². The van der Waals surface area contributed by atoms with Gasteiger partial charge in [0.1, 0.15) is 6.54 Å². The molecule has 0 saturated carbocycles. The highest BCUT2D eigenvalue weighted by molar-refractivity contribution is 5.18. The third kappa shape index (κ3) is 2.54. The normalized spacial score (nSPS) is 26.5. The summed E-state index contributed by atoms with van der Waals surface area (Å²) in [5, 5.41) is 16.4. The summed E-state index contributed by atoms with van der Waals surface area (Å²) in [4.78, 5) is 0. The average molecular weight is 254 g/mol. The molecule has 1 aliphatic heterocycles. The Balaban J connectivity index is 1.86. The number of hydrogen-bond acceptors (Lipinski definition) is 2. The van der Waals surface area contributed by atoms with Gasteiger partial charge in [-0.05, 0) is 0 Å². The molecule has 0 bridgehead atoms. The van der Waals surface area contributed by atoms with Crippen molar-refractivity contribution in [3.63, 3.8) is 0 Å².